The third kappa shape index (κ3) is 5.06. The first kappa shape index (κ1) is 20.5. The van der Waals surface area contributed by atoms with E-state index in [1.165, 1.54) is 6.33 Å². The third-order valence-corrected chi connectivity index (χ3v) is 5.30. The molecule has 1 aromatic heterocycles. The molecule has 158 valence electrons. The summed E-state index contributed by atoms with van der Waals surface area (Å²) in [5.41, 5.74) is 3.11. The van der Waals surface area contributed by atoms with Gasteiger partial charge in [-0.25, -0.2) is 9.97 Å². The minimum absolute atomic E-state index is 0.0546. The summed E-state index contributed by atoms with van der Waals surface area (Å²) in [6, 6.07) is 19.0. The summed E-state index contributed by atoms with van der Waals surface area (Å²) >= 11 is 0. The van der Waals surface area contributed by atoms with Crippen molar-refractivity contribution in [1.29, 1.82) is 0 Å². The number of piperazine rings is 1. The van der Waals surface area contributed by atoms with E-state index in [2.05, 4.69) is 14.9 Å². The van der Waals surface area contributed by atoms with Crippen LogP contribution in [0.2, 0.25) is 0 Å². The molecule has 0 atom stereocenters. The Kier molecular flexibility index (Phi) is 6.21. The molecule has 0 N–H and O–H groups in total. The minimum Gasteiger partial charge on any atom is -0.473 e. The molecule has 0 aliphatic carbocycles. The van der Waals surface area contributed by atoms with Crippen LogP contribution in [0.25, 0.3) is 0 Å². The van der Waals surface area contributed by atoms with Crippen molar-refractivity contribution in [2.24, 2.45) is 0 Å². The van der Waals surface area contributed by atoms with Crippen LogP contribution in [-0.2, 0) is 6.61 Å². The smallest absolute Gasteiger partial charge is 0.272 e. The first-order valence-corrected chi connectivity index (χ1v) is 10.2. The summed E-state index contributed by atoms with van der Waals surface area (Å²) in [6.07, 6.45) is 1.36. The van der Waals surface area contributed by atoms with Crippen LogP contribution in [-0.4, -0.2) is 52.7 Å². The highest BCUT2D eigenvalue weighted by molar-refractivity contribution is 5.94. The van der Waals surface area contributed by atoms with E-state index in [0.29, 0.717) is 49.9 Å². The molecule has 3 aromatic rings. The second-order valence-corrected chi connectivity index (χ2v) is 7.40. The van der Waals surface area contributed by atoms with Gasteiger partial charge in [0, 0.05) is 43.5 Å². The van der Waals surface area contributed by atoms with Crippen LogP contribution in [0, 0.1) is 0 Å². The van der Waals surface area contributed by atoms with Gasteiger partial charge in [0.2, 0.25) is 5.88 Å². The number of carbonyl (C=O) groups excluding carboxylic acids is 2. The highest BCUT2D eigenvalue weighted by atomic mass is 16.5. The van der Waals surface area contributed by atoms with Crippen LogP contribution >= 0.6 is 0 Å². The van der Waals surface area contributed by atoms with Crippen LogP contribution in [0.15, 0.2) is 67.0 Å². The van der Waals surface area contributed by atoms with Gasteiger partial charge in [0.1, 0.15) is 18.6 Å². The zero-order valence-corrected chi connectivity index (χ0v) is 17.4. The first-order chi connectivity index (χ1) is 15.1. The zero-order valence-electron chi connectivity index (χ0n) is 17.4. The molecule has 7 heteroatoms. The number of Topliss-reactive ketones (excluding diaryl/α,β-unsaturated/α-hetero) is 1. The topological polar surface area (TPSA) is 75.6 Å². The molecule has 0 radical (unpaired) electrons. The van der Waals surface area contributed by atoms with E-state index in [1.807, 2.05) is 54.6 Å². The molecular weight excluding hydrogens is 392 g/mol. The third-order valence-electron chi connectivity index (χ3n) is 5.30. The maximum atomic E-state index is 12.9. The number of nitrogens with zero attached hydrogens (tertiary/aromatic N) is 4. The lowest BCUT2D eigenvalue weighted by Crippen LogP contribution is -2.49. The Bertz CT molecular complexity index is 1050. The van der Waals surface area contributed by atoms with Crippen LogP contribution in [0.4, 0.5) is 5.69 Å². The molecule has 7 nitrogen and oxygen atoms in total. The Morgan fingerprint density at radius 3 is 2.32 bits per heavy atom. The fourth-order valence-corrected chi connectivity index (χ4v) is 3.50. The van der Waals surface area contributed by atoms with Crippen LogP contribution in [0.5, 0.6) is 5.88 Å². The van der Waals surface area contributed by atoms with Crippen molar-refractivity contribution in [1.82, 2.24) is 14.9 Å². The molecule has 0 spiro atoms. The number of benzene rings is 2. The lowest BCUT2D eigenvalue weighted by Gasteiger charge is -2.36. The Morgan fingerprint density at radius 2 is 1.65 bits per heavy atom. The molecule has 1 aliphatic rings. The molecule has 0 bridgehead atoms. The van der Waals surface area contributed by atoms with Gasteiger partial charge in [-0.3, -0.25) is 9.59 Å². The zero-order chi connectivity index (χ0) is 21.6. The minimum atomic E-state index is -0.126. The number of carbonyl (C=O) groups is 2. The summed E-state index contributed by atoms with van der Waals surface area (Å²) in [4.78, 5) is 36.6. The van der Waals surface area contributed by atoms with Gasteiger partial charge >= 0.3 is 0 Å². The van der Waals surface area contributed by atoms with Gasteiger partial charge in [0.25, 0.3) is 5.91 Å². The lowest BCUT2D eigenvalue weighted by molar-refractivity contribution is 0.0739. The van der Waals surface area contributed by atoms with Gasteiger partial charge in [0.05, 0.1) is 0 Å². The molecule has 1 aliphatic heterocycles. The van der Waals surface area contributed by atoms with Crippen LogP contribution < -0.4 is 9.64 Å². The maximum Gasteiger partial charge on any atom is 0.272 e. The number of aromatic nitrogens is 2. The normalized spacial score (nSPS) is 13.7. The predicted octanol–water partition coefficient (Wildman–Crippen LogP) is 3.22. The second kappa shape index (κ2) is 9.38. The van der Waals surface area contributed by atoms with Crippen molar-refractivity contribution in [3.05, 3.63) is 83.8 Å². The summed E-state index contributed by atoms with van der Waals surface area (Å²) < 4.78 is 5.72. The largest absolute Gasteiger partial charge is 0.473 e. The summed E-state index contributed by atoms with van der Waals surface area (Å²) in [5, 5.41) is 0. The highest BCUT2D eigenvalue weighted by Gasteiger charge is 2.23. The fraction of sp³-hybridized carbons (Fsp3) is 0.250. The van der Waals surface area contributed by atoms with Gasteiger partial charge in [0.15, 0.2) is 5.78 Å². The maximum absolute atomic E-state index is 12.9. The molecule has 0 saturated carbocycles. The molecule has 1 saturated heterocycles. The SMILES string of the molecule is CC(=O)c1ccc(N2CCN(C(=O)c3cc(OCc4ccccc4)ncn3)CC2)cc1. The summed E-state index contributed by atoms with van der Waals surface area (Å²) in [6.45, 7) is 4.56. The number of rotatable bonds is 6. The average molecular weight is 416 g/mol. The van der Waals surface area contributed by atoms with Crippen LogP contribution in [0.3, 0.4) is 0 Å². The lowest BCUT2D eigenvalue weighted by atomic mass is 10.1. The number of hydrogen-bond acceptors (Lipinski definition) is 6. The van der Waals surface area contributed by atoms with Crippen molar-refractivity contribution in [3.8, 4) is 5.88 Å². The molecule has 1 amide bonds. The molecule has 1 fully saturated rings. The van der Waals surface area contributed by atoms with Gasteiger partial charge in [-0.2, -0.15) is 0 Å². The molecular formula is C24H24N4O3. The Labute approximate surface area is 181 Å². The van der Waals surface area contributed by atoms with Crippen molar-refractivity contribution in [2.75, 3.05) is 31.1 Å². The van der Waals surface area contributed by atoms with E-state index in [-0.39, 0.29) is 11.7 Å². The Hall–Kier alpha value is -3.74. The fourth-order valence-electron chi connectivity index (χ4n) is 3.50. The molecule has 31 heavy (non-hydrogen) atoms. The van der Waals surface area contributed by atoms with Crippen molar-refractivity contribution >= 4 is 17.4 Å². The number of ketones is 1. The standard InChI is InChI=1S/C24H24N4O3/c1-18(29)20-7-9-21(10-8-20)27-11-13-28(14-12-27)24(30)22-15-23(26-17-25-22)31-16-19-5-3-2-4-6-19/h2-10,15,17H,11-14,16H2,1H3. The quantitative estimate of drug-likeness (QED) is 0.575. The van der Waals surface area contributed by atoms with E-state index in [9.17, 15) is 9.59 Å². The van der Waals surface area contributed by atoms with Crippen molar-refractivity contribution < 1.29 is 14.3 Å². The number of amides is 1. The molecule has 2 heterocycles. The molecule has 4 rings (SSSR count). The Morgan fingerprint density at radius 1 is 0.935 bits per heavy atom. The number of ether oxygens (including phenoxy) is 1. The van der Waals surface area contributed by atoms with Crippen molar-refractivity contribution in [2.45, 2.75) is 13.5 Å². The number of hydrogen-bond donors (Lipinski definition) is 0. The predicted molar refractivity (Wildman–Crippen MR) is 117 cm³/mol. The van der Waals surface area contributed by atoms with Gasteiger partial charge < -0.3 is 14.5 Å². The number of anilines is 1. The summed E-state index contributed by atoms with van der Waals surface area (Å²) in [7, 11) is 0. The van der Waals surface area contributed by atoms with E-state index < -0.39 is 0 Å². The van der Waals surface area contributed by atoms with E-state index in [0.717, 1.165) is 11.3 Å². The molecule has 2 aromatic carbocycles. The monoisotopic (exact) mass is 416 g/mol. The second-order valence-electron chi connectivity index (χ2n) is 7.40. The van der Waals surface area contributed by atoms with Gasteiger partial charge in [-0.1, -0.05) is 30.3 Å². The summed E-state index contributed by atoms with van der Waals surface area (Å²) in [5.74, 6) is 0.309. The van der Waals surface area contributed by atoms with Crippen molar-refractivity contribution in [3.63, 3.8) is 0 Å². The van der Waals surface area contributed by atoms with E-state index in [1.54, 1.807) is 17.9 Å². The van der Waals surface area contributed by atoms with E-state index in [4.69, 9.17) is 4.74 Å². The average Bonchev–Trinajstić information content (AvgIpc) is 2.83. The first-order valence-electron chi connectivity index (χ1n) is 10.2. The molecule has 0 unspecified atom stereocenters. The van der Waals surface area contributed by atoms with E-state index >= 15 is 0 Å². The van der Waals surface area contributed by atoms with Crippen LogP contribution in [0.1, 0.15) is 33.3 Å². The Balaban J connectivity index is 1.34. The van der Waals surface area contributed by atoms with Gasteiger partial charge in [-0.15, -0.1) is 0 Å². The highest BCUT2D eigenvalue weighted by Crippen LogP contribution is 2.19. The van der Waals surface area contributed by atoms with Gasteiger partial charge in [-0.05, 0) is 36.8 Å².